The highest BCUT2D eigenvalue weighted by molar-refractivity contribution is 5.92. The van der Waals surface area contributed by atoms with E-state index in [9.17, 15) is 13.6 Å². The van der Waals surface area contributed by atoms with Crippen molar-refractivity contribution in [3.63, 3.8) is 0 Å². The third kappa shape index (κ3) is 4.08. The van der Waals surface area contributed by atoms with E-state index < -0.39 is 5.92 Å². The minimum absolute atomic E-state index is 0.104. The lowest BCUT2D eigenvalue weighted by Gasteiger charge is -2.15. The van der Waals surface area contributed by atoms with Gasteiger partial charge in [0.05, 0.1) is 18.3 Å². The summed E-state index contributed by atoms with van der Waals surface area (Å²) >= 11 is 0. The van der Waals surface area contributed by atoms with E-state index in [2.05, 4.69) is 10.3 Å². The fraction of sp³-hybridized carbons (Fsp3) is 0.250. The summed E-state index contributed by atoms with van der Waals surface area (Å²) < 4.78 is 27.0. The van der Waals surface area contributed by atoms with Crippen LogP contribution in [0.1, 0.15) is 23.7 Å². The summed E-state index contributed by atoms with van der Waals surface area (Å²) in [7, 11) is 0. The number of carbonyl (C=O) groups excluding carboxylic acids is 1. The SMILES string of the molecule is Cc1ccc(NC(=O)Cc2ccccc2C(C)(F)F)cn1. The number of nitrogens with zero attached hydrogens (tertiary/aromatic N) is 1. The molecule has 0 bridgehead atoms. The molecule has 1 heterocycles. The van der Waals surface area contributed by atoms with Gasteiger partial charge >= 0.3 is 0 Å². The van der Waals surface area contributed by atoms with Crippen LogP contribution in [0.2, 0.25) is 0 Å². The molecule has 0 fully saturated rings. The van der Waals surface area contributed by atoms with Crippen LogP contribution >= 0.6 is 0 Å². The number of aryl methyl sites for hydroxylation is 1. The average molecular weight is 290 g/mol. The second kappa shape index (κ2) is 5.99. The zero-order valence-electron chi connectivity index (χ0n) is 11.9. The number of nitrogens with one attached hydrogen (secondary N) is 1. The maximum atomic E-state index is 13.5. The molecule has 0 atom stereocenters. The molecule has 0 aliphatic heterocycles. The summed E-state index contributed by atoms with van der Waals surface area (Å²) in [4.78, 5) is 16.0. The van der Waals surface area contributed by atoms with Crippen molar-refractivity contribution in [1.82, 2.24) is 4.98 Å². The first-order chi connectivity index (χ1) is 9.86. The van der Waals surface area contributed by atoms with Crippen molar-refractivity contribution >= 4 is 11.6 Å². The van der Waals surface area contributed by atoms with Crippen LogP contribution < -0.4 is 5.32 Å². The van der Waals surface area contributed by atoms with E-state index in [-0.39, 0.29) is 17.9 Å². The molecule has 0 unspecified atom stereocenters. The van der Waals surface area contributed by atoms with E-state index in [1.165, 1.54) is 18.3 Å². The van der Waals surface area contributed by atoms with Gasteiger partial charge in [0.15, 0.2) is 0 Å². The Bertz CT molecular complexity index is 633. The summed E-state index contributed by atoms with van der Waals surface area (Å²) in [6, 6.07) is 9.56. The number of hydrogen-bond acceptors (Lipinski definition) is 2. The topological polar surface area (TPSA) is 42.0 Å². The van der Waals surface area contributed by atoms with Crippen molar-refractivity contribution in [2.45, 2.75) is 26.2 Å². The molecule has 1 aromatic carbocycles. The Hall–Kier alpha value is -2.30. The molecule has 1 N–H and O–H groups in total. The van der Waals surface area contributed by atoms with Gasteiger partial charge in [0.25, 0.3) is 5.92 Å². The smallest absolute Gasteiger partial charge is 0.270 e. The molecular formula is C16H16F2N2O. The standard InChI is InChI=1S/C16H16F2N2O/c1-11-7-8-13(10-19-11)20-15(21)9-12-5-3-4-6-14(12)16(2,17)18/h3-8,10H,9H2,1-2H3,(H,20,21). The number of benzene rings is 1. The summed E-state index contributed by atoms with van der Waals surface area (Å²) in [5, 5.41) is 2.65. The highest BCUT2D eigenvalue weighted by Crippen LogP contribution is 2.30. The number of hydrogen-bond donors (Lipinski definition) is 1. The van der Waals surface area contributed by atoms with Crippen LogP contribution in [-0.2, 0) is 17.1 Å². The van der Waals surface area contributed by atoms with Crippen molar-refractivity contribution in [2.24, 2.45) is 0 Å². The Labute approximate surface area is 122 Å². The molecular weight excluding hydrogens is 274 g/mol. The third-order valence-electron chi connectivity index (χ3n) is 3.04. The van der Waals surface area contributed by atoms with Gasteiger partial charge in [-0.15, -0.1) is 0 Å². The first kappa shape index (κ1) is 15.1. The molecule has 0 aliphatic carbocycles. The van der Waals surface area contributed by atoms with Crippen molar-refractivity contribution in [2.75, 3.05) is 5.32 Å². The minimum atomic E-state index is -2.97. The largest absolute Gasteiger partial charge is 0.324 e. The van der Waals surface area contributed by atoms with Crippen molar-refractivity contribution in [1.29, 1.82) is 0 Å². The van der Waals surface area contributed by atoms with Crippen molar-refractivity contribution in [3.05, 3.63) is 59.4 Å². The second-order valence-electron chi connectivity index (χ2n) is 4.96. The highest BCUT2D eigenvalue weighted by Gasteiger charge is 2.27. The predicted molar refractivity (Wildman–Crippen MR) is 77.3 cm³/mol. The number of pyridine rings is 1. The van der Waals surface area contributed by atoms with Gasteiger partial charge < -0.3 is 5.32 Å². The quantitative estimate of drug-likeness (QED) is 0.933. The molecule has 0 aliphatic rings. The third-order valence-corrected chi connectivity index (χ3v) is 3.04. The monoisotopic (exact) mass is 290 g/mol. The Kier molecular flexibility index (Phi) is 4.31. The van der Waals surface area contributed by atoms with Crippen molar-refractivity contribution < 1.29 is 13.6 Å². The molecule has 1 aromatic heterocycles. The van der Waals surface area contributed by atoms with Gasteiger partial charge in [-0.25, -0.2) is 8.78 Å². The number of alkyl halides is 2. The van der Waals surface area contributed by atoms with Gasteiger partial charge in [-0.2, -0.15) is 0 Å². The highest BCUT2D eigenvalue weighted by atomic mass is 19.3. The molecule has 0 spiro atoms. The van der Waals surface area contributed by atoms with E-state index in [0.29, 0.717) is 11.3 Å². The molecule has 1 amide bonds. The Morgan fingerprint density at radius 3 is 2.57 bits per heavy atom. The van der Waals surface area contributed by atoms with Crippen LogP contribution in [-0.4, -0.2) is 10.9 Å². The molecule has 21 heavy (non-hydrogen) atoms. The van der Waals surface area contributed by atoms with E-state index in [0.717, 1.165) is 12.6 Å². The molecule has 2 aromatic rings. The Morgan fingerprint density at radius 2 is 1.95 bits per heavy atom. The van der Waals surface area contributed by atoms with Crippen LogP contribution in [0.5, 0.6) is 0 Å². The maximum Gasteiger partial charge on any atom is 0.270 e. The maximum absolute atomic E-state index is 13.5. The number of rotatable bonds is 4. The molecule has 0 saturated heterocycles. The molecule has 0 radical (unpaired) electrons. The summed E-state index contributed by atoms with van der Waals surface area (Å²) in [6.07, 6.45) is 1.43. The lowest BCUT2D eigenvalue weighted by molar-refractivity contribution is -0.115. The molecule has 5 heteroatoms. The summed E-state index contributed by atoms with van der Waals surface area (Å²) in [6.45, 7) is 2.67. The number of carbonyl (C=O) groups is 1. The Balaban J connectivity index is 2.11. The minimum Gasteiger partial charge on any atom is -0.324 e. The summed E-state index contributed by atoms with van der Waals surface area (Å²) in [5.41, 5.74) is 1.58. The zero-order valence-corrected chi connectivity index (χ0v) is 11.9. The summed E-state index contributed by atoms with van der Waals surface area (Å²) in [5.74, 6) is -3.32. The number of anilines is 1. The van der Waals surface area contributed by atoms with Gasteiger partial charge in [-0.3, -0.25) is 9.78 Å². The Morgan fingerprint density at radius 1 is 1.24 bits per heavy atom. The lowest BCUT2D eigenvalue weighted by Crippen LogP contribution is -2.18. The zero-order chi connectivity index (χ0) is 15.5. The van der Waals surface area contributed by atoms with E-state index >= 15 is 0 Å². The van der Waals surface area contributed by atoms with Gasteiger partial charge in [-0.05, 0) is 24.6 Å². The lowest BCUT2D eigenvalue weighted by atomic mass is 10.00. The van der Waals surface area contributed by atoms with Crippen LogP contribution in [0.25, 0.3) is 0 Å². The van der Waals surface area contributed by atoms with Crippen LogP contribution in [0, 0.1) is 6.92 Å². The number of halogens is 2. The normalized spacial score (nSPS) is 11.2. The van der Waals surface area contributed by atoms with Crippen LogP contribution in [0.4, 0.5) is 14.5 Å². The first-order valence-corrected chi connectivity index (χ1v) is 6.55. The van der Waals surface area contributed by atoms with Gasteiger partial charge in [-0.1, -0.05) is 24.3 Å². The predicted octanol–water partition coefficient (Wildman–Crippen LogP) is 3.68. The molecule has 0 saturated carbocycles. The average Bonchev–Trinajstić information content (AvgIpc) is 2.41. The number of aromatic nitrogens is 1. The van der Waals surface area contributed by atoms with Gasteiger partial charge in [0.2, 0.25) is 5.91 Å². The van der Waals surface area contributed by atoms with Gasteiger partial charge in [0.1, 0.15) is 0 Å². The van der Waals surface area contributed by atoms with E-state index in [1.807, 2.05) is 6.92 Å². The fourth-order valence-corrected chi connectivity index (χ4v) is 2.02. The molecule has 2 rings (SSSR count). The van der Waals surface area contributed by atoms with E-state index in [4.69, 9.17) is 0 Å². The van der Waals surface area contributed by atoms with E-state index in [1.54, 1.807) is 24.3 Å². The van der Waals surface area contributed by atoms with Crippen LogP contribution in [0.15, 0.2) is 42.6 Å². The molecule has 110 valence electrons. The fourth-order valence-electron chi connectivity index (χ4n) is 2.02. The second-order valence-corrected chi connectivity index (χ2v) is 4.96. The number of amides is 1. The van der Waals surface area contributed by atoms with Crippen molar-refractivity contribution in [3.8, 4) is 0 Å². The van der Waals surface area contributed by atoms with Crippen LogP contribution in [0.3, 0.4) is 0 Å². The van der Waals surface area contributed by atoms with Gasteiger partial charge in [0, 0.05) is 18.2 Å². The molecule has 3 nitrogen and oxygen atoms in total. The first-order valence-electron chi connectivity index (χ1n) is 6.55.